The van der Waals surface area contributed by atoms with Crippen molar-refractivity contribution in [2.75, 3.05) is 0 Å². The van der Waals surface area contributed by atoms with Gasteiger partial charge in [-0.1, -0.05) is 64.5 Å². The number of ether oxygens (including phenoxy) is 1. The Labute approximate surface area is 227 Å². The van der Waals surface area contributed by atoms with E-state index in [0.717, 1.165) is 15.6 Å². The highest BCUT2D eigenvalue weighted by Crippen LogP contribution is 2.36. The van der Waals surface area contributed by atoms with E-state index in [-0.39, 0.29) is 24.3 Å². The van der Waals surface area contributed by atoms with Gasteiger partial charge in [0.1, 0.15) is 18.2 Å². The van der Waals surface area contributed by atoms with E-state index in [9.17, 15) is 14.0 Å². The van der Waals surface area contributed by atoms with Gasteiger partial charge in [-0.25, -0.2) is 9.18 Å². The first-order chi connectivity index (χ1) is 18.5. The Morgan fingerprint density at radius 2 is 1.58 bits per heavy atom. The molecule has 0 amide bonds. The van der Waals surface area contributed by atoms with Crippen LogP contribution in [0.2, 0.25) is 0 Å². The topological polar surface area (TPSA) is 64.1 Å². The van der Waals surface area contributed by atoms with Gasteiger partial charge in [0.2, 0.25) is 0 Å². The van der Waals surface area contributed by atoms with Gasteiger partial charge in [0.05, 0.1) is 11.4 Å². The number of hydrogen-bond donors (Lipinski definition) is 1. The molecule has 0 aliphatic rings. The molecule has 0 unspecified atom stereocenters. The summed E-state index contributed by atoms with van der Waals surface area (Å²) in [6.07, 6.45) is 0.429. The van der Waals surface area contributed by atoms with E-state index in [4.69, 9.17) is 4.74 Å². The molecule has 0 spiro atoms. The number of nitrogens with zero attached hydrogens (tertiary/aromatic N) is 1. The van der Waals surface area contributed by atoms with E-state index >= 15 is 0 Å². The first kappa shape index (κ1) is 25.4. The number of aromatic amines is 1. The largest absolute Gasteiger partial charge is 0.488 e. The number of aromatic nitrogens is 2. The maximum Gasteiger partial charge on any atom is 0.330 e. The van der Waals surface area contributed by atoms with Gasteiger partial charge in [-0.3, -0.25) is 9.36 Å². The molecule has 0 atom stereocenters. The monoisotopic (exact) mass is 570 g/mol. The van der Waals surface area contributed by atoms with Crippen LogP contribution in [0.4, 0.5) is 4.39 Å². The average Bonchev–Trinajstić information content (AvgIpc) is 3.27. The van der Waals surface area contributed by atoms with Crippen molar-refractivity contribution in [3.8, 4) is 22.7 Å². The normalized spacial score (nSPS) is 10.9. The van der Waals surface area contributed by atoms with E-state index in [2.05, 4.69) is 20.9 Å². The molecule has 1 N–H and O–H groups in total. The molecule has 4 aromatic carbocycles. The minimum absolute atomic E-state index is 0.138. The van der Waals surface area contributed by atoms with Gasteiger partial charge in [-0.15, -0.1) is 0 Å². The summed E-state index contributed by atoms with van der Waals surface area (Å²) in [5.41, 5.74) is 3.77. The van der Waals surface area contributed by atoms with Crippen LogP contribution in [0.1, 0.15) is 28.0 Å². The zero-order chi connectivity index (χ0) is 26.5. The van der Waals surface area contributed by atoms with E-state index in [0.29, 0.717) is 35.0 Å². The Balaban J connectivity index is 1.55. The average molecular weight is 571 g/mol. The van der Waals surface area contributed by atoms with Gasteiger partial charge in [0.25, 0.3) is 0 Å². The van der Waals surface area contributed by atoms with Crippen LogP contribution < -0.4 is 10.4 Å². The molecule has 0 aliphatic carbocycles. The summed E-state index contributed by atoms with van der Waals surface area (Å²) in [5.74, 6) is 0.0602. The molecule has 0 fully saturated rings. The van der Waals surface area contributed by atoms with E-state index in [1.807, 2.05) is 78.9 Å². The lowest BCUT2D eigenvalue weighted by atomic mass is 10.0. The van der Waals surface area contributed by atoms with Gasteiger partial charge in [-0.2, -0.15) is 0 Å². The maximum atomic E-state index is 13.3. The number of nitrogens with one attached hydrogen (secondary N) is 1. The van der Waals surface area contributed by atoms with Crippen LogP contribution in [0.3, 0.4) is 0 Å². The summed E-state index contributed by atoms with van der Waals surface area (Å²) in [7, 11) is 0. The SMILES string of the molecule is O=C(CCc1[nH]c(=O)n(-c2ccccc2)c1-c1ccc(Br)cc1OCc1ccccc1)c1ccc(F)cc1. The highest BCUT2D eigenvalue weighted by Gasteiger charge is 2.22. The van der Waals surface area contributed by atoms with Crippen molar-refractivity contribution in [1.82, 2.24) is 9.55 Å². The van der Waals surface area contributed by atoms with Crippen molar-refractivity contribution in [2.45, 2.75) is 19.4 Å². The Hall–Kier alpha value is -4.23. The van der Waals surface area contributed by atoms with Gasteiger partial charge >= 0.3 is 5.69 Å². The van der Waals surface area contributed by atoms with Crippen molar-refractivity contribution in [3.63, 3.8) is 0 Å². The van der Waals surface area contributed by atoms with Crippen LogP contribution in [0.25, 0.3) is 16.9 Å². The molecule has 7 heteroatoms. The fourth-order valence-corrected chi connectivity index (χ4v) is 4.67. The third-order valence-electron chi connectivity index (χ3n) is 6.19. The molecule has 38 heavy (non-hydrogen) atoms. The van der Waals surface area contributed by atoms with Gasteiger partial charge < -0.3 is 9.72 Å². The van der Waals surface area contributed by atoms with Gasteiger partial charge in [0, 0.05) is 27.7 Å². The lowest BCUT2D eigenvalue weighted by Crippen LogP contribution is -2.15. The summed E-state index contributed by atoms with van der Waals surface area (Å²) in [6.45, 7) is 0.350. The number of carbonyl (C=O) groups excluding carboxylic acids is 1. The molecule has 0 saturated carbocycles. The summed E-state index contributed by atoms with van der Waals surface area (Å²) in [5, 5.41) is 0. The smallest absolute Gasteiger partial charge is 0.330 e. The quantitative estimate of drug-likeness (QED) is 0.192. The second-order valence-corrected chi connectivity index (χ2v) is 9.69. The predicted molar refractivity (Wildman–Crippen MR) is 149 cm³/mol. The number of rotatable bonds is 9. The molecular formula is C31H24BrFN2O3. The second kappa shape index (κ2) is 11.4. The number of halogens is 2. The maximum absolute atomic E-state index is 13.3. The molecule has 1 aromatic heterocycles. The molecule has 5 rings (SSSR count). The molecule has 190 valence electrons. The first-order valence-electron chi connectivity index (χ1n) is 12.1. The van der Waals surface area contributed by atoms with Crippen LogP contribution in [0, 0.1) is 5.82 Å². The molecular weight excluding hydrogens is 547 g/mol. The van der Waals surface area contributed by atoms with Crippen molar-refractivity contribution >= 4 is 21.7 Å². The molecule has 0 saturated heterocycles. The second-order valence-electron chi connectivity index (χ2n) is 8.77. The van der Waals surface area contributed by atoms with Gasteiger partial charge in [0.15, 0.2) is 5.78 Å². The van der Waals surface area contributed by atoms with Crippen molar-refractivity contribution in [3.05, 3.63) is 141 Å². The van der Waals surface area contributed by atoms with E-state index in [1.54, 1.807) is 4.57 Å². The number of imidazole rings is 1. The van der Waals surface area contributed by atoms with Crippen molar-refractivity contribution in [2.24, 2.45) is 0 Å². The molecule has 0 radical (unpaired) electrons. The fourth-order valence-electron chi connectivity index (χ4n) is 4.33. The number of aryl methyl sites for hydroxylation is 1. The summed E-state index contributed by atoms with van der Waals surface area (Å²) < 4.78 is 22.0. The van der Waals surface area contributed by atoms with E-state index < -0.39 is 5.82 Å². The zero-order valence-corrected chi connectivity index (χ0v) is 22.0. The third kappa shape index (κ3) is 5.68. The Kier molecular flexibility index (Phi) is 7.65. The molecule has 5 nitrogen and oxygen atoms in total. The molecule has 1 heterocycles. The number of benzene rings is 4. The van der Waals surface area contributed by atoms with Crippen LogP contribution in [0.5, 0.6) is 5.75 Å². The van der Waals surface area contributed by atoms with E-state index in [1.165, 1.54) is 24.3 Å². The molecule has 0 bridgehead atoms. The lowest BCUT2D eigenvalue weighted by molar-refractivity contribution is 0.0982. The summed E-state index contributed by atoms with van der Waals surface area (Å²) in [4.78, 5) is 29.1. The summed E-state index contributed by atoms with van der Waals surface area (Å²) >= 11 is 3.54. The Morgan fingerprint density at radius 1 is 0.895 bits per heavy atom. The standard InChI is InChI=1S/C31H24BrFN2O3/c32-23-13-16-26(29(19-23)38-20-21-7-3-1-4-8-21)30-27(17-18-28(36)22-11-14-24(33)15-12-22)34-31(37)35(30)25-9-5-2-6-10-25/h1-16,19H,17-18,20H2,(H,34,37). The predicted octanol–water partition coefficient (Wildman–Crippen LogP) is 7.13. The minimum Gasteiger partial charge on any atom is -0.488 e. The Morgan fingerprint density at radius 3 is 2.29 bits per heavy atom. The molecule has 5 aromatic rings. The number of ketones is 1. The number of carbonyl (C=O) groups is 1. The van der Waals surface area contributed by atoms with Crippen LogP contribution in [0.15, 0.2) is 112 Å². The number of para-hydroxylation sites is 1. The first-order valence-corrected chi connectivity index (χ1v) is 12.9. The van der Waals surface area contributed by atoms with Crippen molar-refractivity contribution in [1.29, 1.82) is 0 Å². The lowest BCUT2D eigenvalue weighted by Gasteiger charge is -2.16. The highest BCUT2D eigenvalue weighted by molar-refractivity contribution is 9.10. The van der Waals surface area contributed by atoms with Crippen molar-refractivity contribution < 1.29 is 13.9 Å². The molecule has 0 aliphatic heterocycles. The third-order valence-corrected chi connectivity index (χ3v) is 6.68. The minimum atomic E-state index is -0.397. The Bertz CT molecular complexity index is 1610. The zero-order valence-electron chi connectivity index (χ0n) is 20.4. The van der Waals surface area contributed by atoms with Gasteiger partial charge in [-0.05, 0) is 66.6 Å². The number of Topliss-reactive ketones (excluding diaryl/α,β-unsaturated/α-hetero) is 1. The van der Waals surface area contributed by atoms with Crippen LogP contribution in [-0.4, -0.2) is 15.3 Å². The summed E-state index contributed by atoms with van der Waals surface area (Å²) in [6, 6.07) is 30.3. The number of hydrogen-bond acceptors (Lipinski definition) is 3. The van der Waals surface area contributed by atoms with Crippen LogP contribution >= 0.6 is 15.9 Å². The van der Waals surface area contributed by atoms with Crippen LogP contribution in [-0.2, 0) is 13.0 Å². The highest BCUT2D eigenvalue weighted by atomic mass is 79.9. The fraction of sp³-hybridized carbons (Fsp3) is 0.0968. The number of H-pyrrole nitrogens is 1.